The molecule has 0 bridgehead atoms. The Morgan fingerprint density at radius 3 is 2.59 bits per heavy atom. The number of carbonyl (C=O) groups is 2. The molecule has 1 aliphatic heterocycles. The van der Waals surface area contributed by atoms with Gasteiger partial charge in [0.1, 0.15) is 11.6 Å². The van der Waals surface area contributed by atoms with Crippen molar-refractivity contribution in [1.82, 2.24) is 4.90 Å². The number of thiophene rings is 1. The molecule has 2 aromatic heterocycles. The first-order valence-corrected chi connectivity index (χ1v) is 10.0. The molecule has 0 fully saturated rings. The van der Waals surface area contributed by atoms with Crippen molar-refractivity contribution >= 4 is 40.5 Å². The van der Waals surface area contributed by atoms with Crippen LogP contribution in [-0.2, 0) is 21.9 Å². The number of imide groups is 1. The fourth-order valence-electron chi connectivity index (χ4n) is 2.80. The second kappa shape index (κ2) is 7.54. The number of nitrogens with zero attached hydrogens (tertiary/aromatic N) is 1. The zero-order valence-electron chi connectivity index (χ0n) is 14.1. The van der Waals surface area contributed by atoms with E-state index in [1.165, 1.54) is 29.2 Å². The van der Waals surface area contributed by atoms with Gasteiger partial charge in [-0.25, -0.2) is 4.39 Å². The fraction of sp³-hybridized carbons (Fsp3) is 0.100. The molecule has 3 heterocycles. The van der Waals surface area contributed by atoms with Crippen molar-refractivity contribution in [3.8, 4) is 0 Å². The van der Waals surface area contributed by atoms with Crippen LogP contribution in [0.4, 0.5) is 4.39 Å². The van der Waals surface area contributed by atoms with Gasteiger partial charge in [-0.3, -0.25) is 14.5 Å². The lowest BCUT2D eigenvalue weighted by Gasteiger charge is -2.15. The molecule has 1 aliphatic rings. The van der Waals surface area contributed by atoms with E-state index in [0.717, 1.165) is 9.78 Å². The number of halogens is 1. The zero-order valence-corrected chi connectivity index (χ0v) is 15.7. The molecular weight excluding hydrogens is 385 g/mol. The standard InChI is InChI=1S/C20H14FNO3S2/c21-15-7-2-1-5-13(15)11-22-19(23)17(16-8-4-10-26-16)18(20(22)24)27-12-14-6-3-9-25-14/h1-10H,11-12H2. The molecule has 3 aromatic rings. The number of carbonyl (C=O) groups excluding carboxylic acids is 2. The maximum absolute atomic E-state index is 14.0. The molecule has 4 rings (SSSR count). The molecular formula is C20H14FNO3S2. The van der Waals surface area contributed by atoms with E-state index in [1.807, 2.05) is 23.6 Å². The molecule has 136 valence electrons. The molecule has 2 amide bonds. The first kappa shape index (κ1) is 17.8. The van der Waals surface area contributed by atoms with Crippen molar-refractivity contribution in [1.29, 1.82) is 0 Å². The summed E-state index contributed by atoms with van der Waals surface area (Å²) < 4.78 is 19.3. The summed E-state index contributed by atoms with van der Waals surface area (Å²) in [5.41, 5.74) is 0.685. The van der Waals surface area contributed by atoms with Crippen LogP contribution >= 0.6 is 23.1 Å². The quantitative estimate of drug-likeness (QED) is 0.564. The summed E-state index contributed by atoms with van der Waals surface area (Å²) in [5, 5.41) is 1.86. The Morgan fingerprint density at radius 1 is 1.04 bits per heavy atom. The third-order valence-electron chi connectivity index (χ3n) is 4.12. The molecule has 0 unspecified atom stereocenters. The van der Waals surface area contributed by atoms with Crippen LogP contribution in [-0.4, -0.2) is 16.7 Å². The predicted octanol–water partition coefficient (Wildman–Crippen LogP) is 4.69. The van der Waals surface area contributed by atoms with Crippen LogP contribution in [0.25, 0.3) is 5.57 Å². The van der Waals surface area contributed by atoms with Crippen molar-refractivity contribution in [3.63, 3.8) is 0 Å². The number of hydrogen-bond acceptors (Lipinski definition) is 5. The van der Waals surface area contributed by atoms with Crippen LogP contribution in [0.15, 0.2) is 69.5 Å². The maximum atomic E-state index is 14.0. The second-order valence-corrected chi connectivity index (χ2v) is 7.77. The first-order chi connectivity index (χ1) is 13.1. The van der Waals surface area contributed by atoms with E-state index < -0.39 is 17.6 Å². The third kappa shape index (κ3) is 3.48. The largest absolute Gasteiger partial charge is 0.468 e. The van der Waals surface area contributed by atoms with Gasteiger partial charge < -0.3 is 4.42 Å². The van der Waals surface area contributed by atoms with Crippen LogP contribution in [0.2, 0.25) is 0 Å². The van der Waals surface area contributed by atoms with Crippen molar-refractivity contribution in [2.24, 2.45) is 0 Å². The van der Waals surface area contributed by atoms with Gasteiger partial charge in [-0.2, -0.15) is 0 Å². The lowest BCUT2D eigenvalue weighted by molar-refractivity contribution is -0.137. The highest BCUT2D eigenvalue weighted by molar-refractivity contribution is 8.03. The summed E-state index contributed by atoms with van der Waals surface area (Å²) in [6.45, 7) is -0.0932. The summed E-state index contributed by atoms with van der Waals surface area (Å²) in [4.78, 5) is 28.2. The second-order valence-electron chi connectivity index (χ2n) is 5.84. The molecule has 0 atom stereocenters. The van der Waals surface area contributed by atoms with Crippen LogP contribution in [0, 0.1) is 5.82 Å². The molecule has 4 nitrogen and oxygen atoms in total. The molecule has 0 radical (unpaired) electrons. The molecule has 1 aromatic carbocycles. The van der Waals surface area contributed by atoms with Crippen LogP contribution in [0.3, 0.4) is 0 Å². The average molecular weight is 399 g/mol. The Hall–Kier alpha value is -2.64. The Labute approximate surface area is 163 Å². The lowest BCUT2D eigenvalue weighted by atomic mass is 10.2. The van der Waals surface area contributed by atoms with E-state index in [-0.39, 0.29) is 6.54 Å². The number of hydrogen-bond donors (Lipinski definition) is 0. The molecule has 0 saturated carbocycles. The minimum Gasteiger partial charge on any atom is -0.468 e. The molecule has 0 N–H and O–H groups in total. The van der Waals surface area contributed by atoms with Gasteiger partial charge in [0.15, 0.2) is 0 Å². The third-order valence-corrected chi connectivity index (χ3v) is 6.10. The van der Waals surface area contributed by atoms with Gasteiger partial charge in [-0.05, 0) is 29.6 Å². The van der Waals surface area contributed by atoms with Crippen molar-refractivity contribution in [2.75, 3.05) is 0 Å². The van der Waals surface area contributed by atoms with Gasteiger partial charge in [-0.1, -0.05) is 24.3 Å². The normalized spacial score (nSPS) is 14.5. The monoisotopic (exact) mass is 399 g/mol. The highest BCUT2D eigenvalue weighted by Gasteiger charge is 2.39. The predicted molar refractivity (Wildman–Crippen MR) is 103 cm³/mol. The van der Waals surface area contributed by atoms with Crippen LogP contribution in [0.1, 0.15) is 16.2 Å². The Balaban J connectivity index is 1.65. The van der Waals surface area contributed by atoms with Gasteiger partial charge in [0.05, 0.1) is 29.0 Å². The van der Waals surface area contributed by atoms with E-state index in [9.17, 15) is 14.0 Å². The van der Waals surface area contributed by atoms with Crippen LogP contribution in [0.5, 0.6) is 0 Å². The molecule has 0 aliphatic carbocycles. The average Bonchev–Trinajstić information content (AvgIpc) is 3.40. The minimum absolute atomic E-state index is 0.0932. The van der Waals surface area contributed by atoms with Gasteiger partial charge in [0.2, 0.25) is 0 Å². The SMILES string of the molecule is O=C1C(SCc2ccco2)=C(c2cccs2)C(=O)N1Cc1ccccc1F. The summed E-state index contributed by atoms with van der Waals surface area (Å²) >= 11 is 2.66. The van der Waals surface area contributed by atoms with Crippen molar-refractivity contribution in [2.45, 2.75) is 12.3 Å². The van der Waals surface area contributed by atoms with Crippen LogP contribution < -0.4 is 0 Å². The first-order valence-electron chi connectivity index (χ1n) is 8.18. The zero-order chi connectivity index (χ0) is 18.8. The van der Waals surface area contributed by atoms with E-state index in [4.69, 9.17) is 4.42 Å². The number of thioether (sulfide) groups is 1. The fourth-order valence-corrected chi connectivity index (χ4v) is 4.66. The molecule has 0 spiro atoms. The smallest absolute Gasteiger partial charge is 0.268 e. The Bertz CT molecular complexity index is 1010. The number of amides is 2. The lowest BCUT2D eigenvalue weighted by Crippen LogP contribution is -2.31. The Kier molecular flexibility index (Phi) is 4.96. The maximum Gasteiger partial charge on any atom is 0.268 e. The number of furan rings is 1. The molecule has 27 heavy (non-hydrogen) atoms. The van der Waals surface area contributed by atoms with E-state index in [2.05, 4.69) is 0 Å². The summed E-state index contributed by atoms with van der Waals surface area (Å²) in [5.74, 6) is -0.0850. The van der Waals surface area contributed by atoms with E-state index in [0.29, 0.717) is 27.6 Å². The summed E-state index contributed by atoms with van der Waals surface area (Å²) in [6, 6.07) is 13.4. The van der Waals surface area contributed by atoms with E-state index >= 15 is 0 Å². The van der Waals surface area contributed by atoms with E-state index in [1.54, 1.807) is 30.5 Å². The van der Waals surface area contributed by atoms with Gasteiger partial charge >= 0.3 is 0 Å². The topological polar surface area (TPSA) is 50.5 Å². The molecule has 0 saturated heterocycles. The summed E-state index contributed by atoms with van der Waals surface area (Å²) in [6.07, 6.45) is 1.57. The highest BCUT2D eigenvalue weighted by atomic mass is 32.2. The summed E-state index contributed by atoms with van der Waals surface area (Å²) in [7, 11) is 0. The highest BCUT2D eigenvalue weighted by Crippen LogP contribution is 2.39. The number of rotatable bonds is 6. The van der Waals surface area contributed by atoms with Crippen molar-refractivity contribution in [3.05, 3.63) is 87.1 Å². The number of benzene rings is 1. The minimum atomic E-state index is -0.438. The van der Waals surface area contributed by atoms with Gasteiger partial charge in [-0.15, -0.1) is 23.1 Å². The van der Waals surface area contributed by atoms with Gasteiger partial charge in [0.25, 0.3) is 11.8 Å². The Morgan fingerprint density at radius 2 is 1.89 bits per heavy atom. The molecule has 7 heteroatoms. The van der Waals surface area contributed by atoms with Gasteiger partial charge in [0, 0.05) is 10.4 Å². The van der Waals surface area contributed by atoms with Crippen molar-refractivity contribution < 1.29 is 18.4 Å².